The van der Waals surface area contributed by atoms with E-state index in [1.807, 2.05) is 13.8 Å². The third-order valence-electron chi connectivity index (χ3n) is 2.37. The van der Waals surface area contributed by atoms with Gasteiger partial charge in [0.1, 0.15) is 5.82 Å². The highest BCUT2D eigenvalue weighted by atomic mass is 16.1. The summed E-state index contributed by atoms with van der Waals surface area (Å²) in [4.78, 5) is 18.4. The second-order valence-electron chi connectivity index (χ2n) is 4.51. The summed E-state index contributed by atoms with van der Waals surface area (Å²) in [5.74, 6) is 1.06. The van der Waals surface area contributed by atoms with E-state index in [1.54, 1.807) is 6.07 Å². The molecule has 0 bridgehead atoms. The molecule has 14 heavy (non-hydrogen) atoms. The molecule has 1 heterocycles. The molecule has 0 amide bonds. The van der Waals surface area contributed by atoms with Gasteiger partial charge in [0, 0.05) is 12.0 Å². The smallest absolute Gasteiger partial charge is 0.251 e. The van der Waals surface area contributed by atoms with Crippen molar-refractivity contribution in [3.8, 4) is 0 Å². The summed E-state index contributed by atoms with van der Waals surface area (Å²) in [7, 11) is 0. The van der Waals surface area contributed by atoms with Crippen LogP contribution in [0.5, 0.6) is 0 Å². The average molecular weight is 193 g/mol. The Bertz CT molecular complexity index is 399. The van der Waals surface area contributed by atoms with Gasteiger partial charge in [-0.1, -0.05) is 0 Å². The highest BCUT2D eigenvalue weighted by Gasteiger charge is 2.27. The van der Waals surface area contributed by atoms with Gasteiger partial charge in [0.15, 0.2) is 0 Å². The van der Waals surface area contributed by atoms with Crippen LogP contribution in [-0.4, -0.2) is 9.97 Å². The third kappa shape index (κ3) is 1.85. The van der Waals surface area contributed by atoms with Gasteiger partial charge in [-0.05, 0) is 26.7 Å². The molecule has 0 atom stereocenters. The maximum absolute atomic E-state index is 11.3. The lowest BCUT2D eigenvalue weighted by molar-refractivity contribution is 0.508. The molecule has 0 radical (unpaired) electrons. The van der Waals surface area contributed by atoms with Gasteiger partial charge in [0.25, 0.3) is 5.56 Å². The molecule has 0 saturated heterocycles. The van der Waals surface area contributed by atoms with E-state index >= 15 is 0 Å². The molecule has 1 saturated carbocycles. The summed E-state index contributed by atoms with van der Waals surface area (Å²) in [5.41, 5.74) is 6.09. The van der Waals surface area contributed by atoms with Gasteiger partial charge < -0.3 is 10.7 Å². The van der Waals surface area contributed by atoms with Crippen LogP contribution < -0.4 is 11.3 Å². The Morgan fingerprint density at radius 1 is 1.57 bits per heavy atom. The Morgan fingerprint density at radius 3 is 2.71 bits per heavy atom. The van der Waals surface area contributed by atoms with E-state index in [-0.39, 0.29) is 5.56 Å². The van der Waals surface area contributed by atoms with Crippen molar-refractivity contribution in [2.24, 2.45) is 5.73 Å². The summed E-state index contributed by atoms with van der Waals surface area (Å²) in [6.07, 6.45) is 2.28. The van der Waals surface area contributed by atoms with Crippen molar-refractivity contribution < 1.29 is 0 Å². The number of hydrogen-bond acceptors (Lipinski definition) is 3. The maximum atomic E-state index is 11.3. The number of hydrogen-bond donors (Lipinski definition) is 2. The van der Waals surface area contributed by atoms with E-state index in [1.165, 1.54) is 0 Å². The van der Waals surface area contributed by atoms with E-state index < -0.39 is 5.54 Å². The molecule has 4 nitrogen and oxygen atoms in total. The molecule has 4 heteroatoms. The number of nitrogens with two attached hydrogens (primary N) is 1. The molecule has 3 N–H and O–H groups in total. The first-order valence-electron chi connectivity index (χ1n) is 4.87. The van der Waals surface area contributed by atoms with Crippen LogP contribution in [0.4, 0.5) is 0 Å². The number of aromatic amines is 1. The van der Waals surface area contributed by atoms with E-state index in [0.29, 0.717) is 11.7 Å². The van der Waals surface area contributed by atoms with Crippen LogP contribution in [0.3, 0.4) is 0 Å². The van der Waals surface area contributed by atoms with Gasteiger partial charge in [0.2, 0.25) is 0 Å². The first-order chi connectivity index (χ1) is 6.47. The molecular weight excluding hydrogens is 178 g/mol. The lowest BCUT2D eigenvalue weighted by atomic mass is 10.1. The zero-order chi connectivity index (χ0) is 10.3. The predicted molar refractivity (Wildman–Crippen MR) is 54.0 cm³/mol. The molecule has 0 aromatic carbocycles. The quantitative estimate of drug-likeness (QED) is 0.731. The molecule has 76 valence electrons. The molecule has 1 aromatic heterocycles. The fourth-order valence-corrected chi connectivity index (χ4v) is 1.37. The molecular formula is C10H15N3O. The summed E-state index contributed by atoms with van der Waals surface area (Å²) >= 11 is 0. The third-order valence-corrected chi connectivity index (χ3v) is 2.37. The van der Waals surface area contributed by atoms with Crippen molar-refractivity contribution >= 4 is 0 Å². The maximum Gasteiger partial charge on any atom is 0.251 e. The van der Waals surface area contributed by atoms with Crippen LogP contribution >= 0.6 is 0 Å². The number of nitrogens with one attached hydrogen (secondary N) is 1. The van der Waals surface area contributed by atoms with Crippen LogP contribution in [0.25, 0.3) is 0 Å². The number of H-pyrrole nitrogens is 1. The van der Waals surface area contributed by atoms with Gasteiger partial charge in [-0.15, -0.1) is 0 Å². The lowest BCUT2D eigenvalue weighted by Gasteiger charge is -2.17. The second kappa shape index (κ2) is 2.92. The number of rotatable bonds is 2. The normalized spacial score (nSPS) is 17.1. The summed E-state index contributed by atoms with van der Waals surface area (Å²) in [6.45, 7) is 3.67. The van der Waals surface area contributed by atoms with E-state index in [4.69, 9.17) is 5.73 Å². The molecule has 1 aliphatic carbocycles. The van der Waals surface area contributed by atoms with Crippen molar-refractivity contribution in [2.75, 3.05) is 0 Å². The van der Waals surface area contributed by atoms with Gasteiger partial charge in [-0.25, -0.2) is 4.98 Å². The van der Waals surface area contributed by atoms with E-state index in [9.17, 15) is 4.79 Å². The number of nitrogens with zero attached hydrogens (tertiary/aromatic N) is 1. The Morgan fingerprint density at radius 2 is 2.21 bits per heavy atom. The Hall–Kier alpha value is -1.16. The summed E-state index contributed by atoms with van der Waals surface area (Å²) in [5, 5.41) is 0. The van der Waals surface area contributed by atoms with Crippen molar-refractivity contribution in [3.05, 3.63) is 27.9 Å². The van der Waals surface area contributed by atoms with E-state index in [2.05, 4.69) is 9.97 Å². The second-order valence-corrected chi connectivity index (χ2v) is 4.51. The van der Waals surface area contributed by atoms with Gasteiger partial charge in [-0.3, -0.25) is 4.79 Å². The average Bonchev–Trinajstić information content (AvgIpc) is 2.83. The van der Waals surface area contributed by atoms with Crippen LogP contribution in [0, 0.1) is 0 Å². The SMILES string of the molecule is CC(C)(N)c1nc(C2CC2)cc(=O)[nH]1. The minimum absolute atomic E-state index is 0.101. The summed E-state index contributed by atoms with van der Waals surface area (Å²) in [6, 6.07) is 1.58. The van der Waals surface area contributed by atoms with Crippen molar-refractivity contribution in [2.45, 2.75) is 38.1 Å². The first kappa shape index (κ1) is 9.40. The van der Waals surface area contributed by atoms with Crippen LogP contribution in [-0.2, 0) is 5.54 Å². The van der Waals surface area contributed by atoms with Crippen LogP contribution in [0.15, 0.2) is 10.9 Å². The summed E-state index contributed by atoms with van der Waals surface area (Å²) < 4.78 is 0. The lowest BCUT2D eigenvalue weighted by Crippen LogP contribution is -2.33. The van der Waals surface area contributed by atoms with Crippen LogP contribution in [0.1, 0.15) is 44.1 Å². The molecule has 1 fully saturated rings. The predicted octanol–water partition coefficient (Wildman–Crippen LogP) is 0.841. The fourth-order valence-electron chi connectivity index (χ4n) is 1.37. The molecule has 0 unspecified atom stereocenters. The monoisotopic (exact) mass is 193 g/mol. The van der Waals surface area contributed by atoms with Gasteiger partial charge in [-0.2, -0.15) is 0 Å². The fraction of sp³-hybridized carbons (Fsp3) is 0.600. The number of aromatic nitrogens is 2. The van der Waals surface area contributed by atoms with Crippen molar-refractivity contribution in [3.63, 3.8) is 0 Å². The topological polar surface area (TPSA) is 71.8 Å². The Balaban J connectivity index is 2.46. The highest BCUT2D eigenvalue weighted by molar-refractivity contribution is 5.16. The molecule has 0 aliphatic heterocycles. The Labute approximate surface area is 82.6 Å². The molecule has 0 spiro atoms. The minimum atomic E-state index is -0.579. The first-order valence-corrected chi connectivity index (χ1v) is 4.87. The minimum Gasteiger partial charge on any atom is -0.319 e. The van der Waals surface area contributed by atoms with Crippen LogP contribution in [0.2, 0.25) is 0 Å². The van der Waals surface area contributed by atoms with Crippen molar-refractivity contribution in [1.82, 2.24) is 9.97 Å². The Kier molecular flexibility index (Phi) is 1.96. The van der Waals surface area contributed by atoms with E-state index in [0.717, 1.165) is 18.5 Å². The molecule has 2 rings (SSSR count). The van der Waals surface area contributed by atoms with Gasteiger partial charge in [0.05, 0.1) is 11.2 Å². The largest absolute Gasteiger partial charge is 0.319 e. The van der Waals surface area contributed by atoms with Gasteiger partial charge >= 0.3 is 0 Å². The zero-order valence-corrected chi connectivity index (χ0v) is 8.50. The standard InChI is InChI=1S/C10H15N3O/c1-10(2,11)9-12-7(6-3-4-6)5-8(14)13-9/h5-6H,3-4,11H2,1-2H3,(H,12,13,14). The zero-order valence-electron chi connectivity index (χ0n) is 8.50. The molecule has 1 aromatic rings. The highest BCUT2D eigenvalue weighted by Crippen LogP contribution is 2.38. The van der Waals surface area contributed by atoms with Crippen molar-refractivity contribution in [1.29, 1.82) is 0 Å². The molecule has 1 aliphatic rings.